The van der Waals surface area contributed by atoms with Gasteiger partial charge in [0.1, 0.15) is 5.82 Å². The van der Waals surface area contributed by atoms with Crippen LogP contribution in [-0.2, 0) is 0 Å². The first kappa shape index (κ1) is 13.7. The lowest BCUT2D eigenvalue weighted by atomic mass is 10.1. The zero-order valence-electron chi connectivity index (χ0n) is 11.2. The van der Waals surface area contributed by atoms with E-state index in [1.54, 1.807) is 6.07 Å². The van der Waals surface area contributed by atoms with Crippen LogP contribution in [0.15, 0.2) is 18.2 Å². The van der Waals surface area contributed by atoms with Crippen LogP contribution in [0.4, 0.5) is 10.1 Å². The molecule has 18 heavy (non-hydrogen) atoms. The number of halogens is 1. The third kappa shape index (κ3) is 2.64. The van der Waals surface area contributed by atoms with Crippen molar-refractivity contribution in [2.75, 3.05) is 17.2 Å². The topological polar surface area (TPSA) is 29.3 Å². The van der Waals surface area contributed by atoms with Gasteiger partial charge in [0, 0.05) is 29.6 Å². The number of hydrogen-bond acceptors (Lipinski definition) is 3. The normalized spacial score (nSPS) is 26.2. The molecule has 0 radical (unpaired) electrons. The van der Waals surface area contributed by atoms with E-state index in [0.717, 1.165) is 17.9 Å². The van der Waals surface area contributed by atoms with Crippen LogP contribution in [0, 0.1) is 5.82 Å². The Labute approximate surface area is 113 Å². The first-order chi connectivity index (χ1) is 8.50. The SMILES string of the molecule is CC1SCCN(c2ccc([C@H](C)N)cc2F)C1C. The fraction of sp³-hybridized carbons (Fsp3) is 0.571. The Morgan fingerprint density at radius 3 is 2.78 bits per heavy atom. The highest BCUT2D eigenvalue weighted by Gasteiger charge is 2.27. The van der Waals surface area contributed by atoms with E-state index in [2.05, 4.69) is 18.7 Å². The Hall–Kier alpha value is -0.740. The van der Waals surface area contributed by atoms with E-state index in [1.807, 2.05) is 30.8 Å². The summed E-state index contributed by atoms with van der Waals surface area (Å²) in [5.74, 6) is 0.899. The summed E-state index contributed by atoms with van der Waals surface area (Å²) < 4.78 is 14.2. The summed E-state index contributed by atoms with van der Waals surface area (Å²) in [6.07, 6.45) is 0. The average molecular weight is 268 g/mol. The Balaban J connectivity index is 2.27. The quantitative estimate of drug-likeness (QED) is 0.893. The number of rotatable bonds is 2. The Morgan fingerprint density at radius 2 is 2.17 bits per heavy atom. The third-order valence-corrected chi connectivity index (χ3v) is 5.03. The molecular formula is C14H21FN2S. The first-order valence-corrected chi connectivity index (χ1v) is 7.49. The summed E-state index contributed by atoms with van der Waals surface area (Å²) in [5.41, 5.74) is 7.33. The van der Waals surface area contributed by atoms with Crippen molar-refractivity contribution in [2.45, 2.75) is 38.1 Å². The second kappa shape index (κ2) is 5.49. The molecule has 0 saturated carbocycles. The van der Waals surface area contributed by atoms with Gasteiger partial charge in [-0.2, -0.15) is 11.8 Å². The molecule has 0 amide bonds. The number of nitrogens with zero attached hydrogens (tertiary/aromatic N) is 1. The third-order valence-electron chi connectivity index (χ3n) is 3.69. The smallest absolute Gasteiger partial charge is 0.146 e. The average Bonchev–Trinajstić information content (AvgIpc) is 2.33. The van der Waals surface area contributed by atoms with Crippen LogP contribution in [0.25, 0.3) is 0 Å². The molecule has 1 aliphatic heterocycles. The first-order valence-electron chi connectivity index (χ1n) is 6.44. The van der Waals surface area contributed by atoms with Crippen molar-refractivity contribution in [3.8, 4) is 0 Å². The highest BCUT2D eigenvalue weighted by atomic mass is 32.2. The molecule has 0 bridgehead atoms. The van der Waals surface area contributed by atoms with Gasteiger partial charge in [0.05, 0.1) is 5.69 Å². The molecule has 1 heterocycles. The van der Waals surface area contributed by atoms with Crippen LogP contribution in [0.1, 0.15) is 32.4 Å². The minimum atomic E-state index is -0.157. The lowest BCUT2D eigenvalue weighted by molar-refractivity contribution is 0.579. The predicted molar refractivity (Wildman–Crippen MR) is 77.7 cm³/mol. The van der Waals surface area contributed by atoms with Crippen molar-refractivity contribution in [3.05, 3.63) is 29.6 Å². The minimum Gasteiger partial charge on any atom is -0.365 e. The molecule has 0 aliphatic carbocycles. The summed E-state index contributed by atoms with van der Waals surface area (Å²) in [4.78, 5) is 2.17. The lowest BCUT2D eigenvalue weighted by Crippen LogP contribution is -2.45. The lowest BCUT2D eigenvalue weighted by Gasteiger charge is -2.39. The fourth-order valence-corrected chi connectivity index (χ4v) is 3.41. The Morgan fingerprint density at radius 1 is 1.44 bits per heavy atom. The van der Waals surface area contributed by atoms with E-state index in [9.17, 15) is 4.39 Å². The molecule has 2 nitrogen and oxygen atoms in total. The van der Waals surface area contributed by atoms with E-state index in [-0.39, 0.29) is 11.9 Å². The maximum atomic E-state index is 14.2. The summed E-state index contributed by atoms with van der Waals surface area (Å²) in [6, 6.07) is 5.61. The summed E-state index contributed by atoms with van der Waals surface area (Å²) in [7, 11) is 0. The summed E-state index contributed by atoms with van der Waals surface area (Å²) in [6.45, 7) is 7.15. The highest BCUT2D eigenvalue weighted by molar-refractivity contribution is 8.00. The van der Waals surface area contributed by atoms with Crippen molar-refractivity contribution >= 4 is 17.4 Å². The molecule has 0 aromatic heterocycles. The number of nitrogens with two attached hydrogens (primary N) is 1. The van der Waals surface area contributed by atoms with Gasteiger partial charge in [-0.3, -0.25) is 0 Å². The summed E-state index contributed by atoms with van der Waals surface area (Å²) >= 11 is 1.95. The number of thioether (sulfide) groups is 1. The molecule has 3 atom stereocenters. The van der Waals surface area contributed by atoms with Crippen molar-refractivity contribution in [1.82, 2.24) is 0 Å². The molecule has 1 aliphatic rings. The van der Waals surface area contributed by atoms with Gasteiger partial charge in [0.25, 0.3) is 0 Å². The molecule has 100 valence electrons. The second-order valence-electron chi connectivity index (χ2n) is 5.01. The van der Waals surface area contributed by atoms with Crippen LogP contribution in [0.5, 0.6) is 0 Å². The molecule has 0 spiro atoms. The van der Waals surface area contributed by atoms with Crippen molar-refractivity contribution in [1.29, 1.82) is 0 Å². The molecule has 2 unspecified atom stereocenters. The largest absolute Gasteiger partial charge is 0.365 e. The maximum Gasteiger partial charge on any atom is 0.146 e. The zero-order chi connectivity index (χ0) is 13.3. The van der Waals surface area contributed by atoms with Crippen LogP contribution in [0.3, 0.4) is 0 Å². The van der Waals surface area contributed by atoms with Gasteiger partial charge in [-0.15, -0.1) is 0 Å². The molecule has 4 heteroatoms. The standard InChI is InChI=1S/C14H21FN2S/c1-9(16)12-4-5-14(13(15)8-12)17-6-7-18-11(3)10(17)2/h4-5,8-11H,6-7,16H2,1-3H3/t9-,10?,11?/m0/s1. The maximum absolute atomic E-state index is 14.2. The van der Waals surface area contributed by atoms with Crippen LogP contribution in [0.2, 0.25) is 0 Å². The molecular weight excluding hydrogens is 247 g/mol. The monoisotopic (exact) mass is 268 g/mol. The van der Waals surface area contributed by atoms with E-state index in [4.69, 9.17) is 5.73 Å². The van der Waals surface area contributed by atoms with Crippen LogP contribution < -0.4 is 10.6 Å². The number of anilines is 1. The van der Waals surface area contributed by atoms with E-state index in [0.29, 0.717) is 17.0 Å². The van der Waals surface area contributed by atoms with Crippen molar-refractivity contribution < 1.29 is 4.39 Å². The van der Waals surface area contributed by atoms with Gasteiger partial charge >= 0.3 is 0 Å². The second-order valence-corrected chi connectivity index (χ2v) is 6.49. The molecule has 2 rings (SSSR count). The highest BCUT2D eigenvalue weighted by Crippen LogP contribution is 2.31. The molecule has 1 fully saturated rings. The van der Waals surface area contributed by atoms with E-state index >= 15 is 0 Å². The fourth-order valence-electron chi connectivity index (χ4n) is 2.31. The van der Waals surface area contributed by atoms with Crippen molar-refractivity contribution in [3.63, 3.8) is 0 Å². The van der Waals surface area contributed by atoms with Gasteiger partial charge in [-0.25, -0.2) is 4.39 Å². The molecule has 2 N–H and O–H groups in total. The number of benzene rings is 1. The van der Waals surface area contributed by atoms with Crippen LogP contribution in [-0.4, -0.2) is 23.6 Å². The van der Waals surface area contributed by atoms with E-state index in [1.165, 1.54) is 0 Å². The molecule has 1 saturated heterocycles. The Kier molecular flexibility index (Phi) is 4.17. The zero-order valence-corrected chi connectivity index (χ0v) is 12.0. The Bertz CT molecular complexity index is 422. The molecule has 1 aromatic rings. The van der Waals surface area contributed by atoms with Crippen molar-refractivity contribution in [2.24, 2.45) is 5.73 Å². The number of hydrogen-bond donors (Lipinski definition) is 1. The van der Waals surface area contributed by atoms with Gasteiger partial charge < -0.3 is 10.6 Å². The minimum absolute atomic E-state index is 0.123. The summed E-state index contributed by atoms with van der Waals surface area (Å²) in [5, 5.41) is 0.534. The van der Waals surface area contributed by atoms with Gasteiger partial charge in [0.15, 0.2) is 0 Å². The predicted octanol–water partition coefficient (Wildman–Crippen LogP) is 3.18. The van der Waals surface area contributed by atoms with Gasteiger partial charge in [0.2, 0.25) is 0 Å². The van der Waals surface area contributed by atoms with Gasteiger partial charge in [-0.1, -0.05) is 13.0 Å². The van der Waals surface area contributed by atoms with Crippen LogP contribution >= 0.6 is 11.8 Å². The molecule has 1 aromatic carbocycles. The van der Waals surface area contributed by atoms with E-state index < -0.39 is 0 Å². The van der Waals surface area contributed by atoms with Gasteiger partial charge in [-0.05, 0) is 31.5 Å².